The van der Waals surface area contributed by atoms with Crippen LogP contribution in [0.3, 0.4) is 0 Å². The largest absolute Gasteiger partial charge is 0.376 e. The average molecular weight is 365 g/mol. The molecule has 0 bridgehead atoms. The van der Waals surface area contributed by atoms with Crippen molar-refractivity contribution in [1.82, 2.24) is 9.55 Å². The Morgan fingerprint density at radius 1 is 1.42 bits per heavy atom. The highest BCUT2D eigenvalue weighted by molar-refractivity contribution is 7.99. The minimum atomic E-state index is 0.151. The van der Waals surface area contributed by atoms with Crippen LogP contribution in [0.4, 0.5) is 0 Å². The van der Waals surface area contributed by atoms with E-state index in [9.17, 15) is 4.79 Å². The third kappa shape index (κ3) is 2.93. The Labute approximate surface area is 150 Å². The summed E-state index contributed by atoms with van der Waals surface area (Å²) >= 11 is 3.40. The summed E-state index contributed by atoms with van der Waals surface area (Å²) in [6.45, 7) is 5.87. The zero-order chi connectivity index (χ0) is 16.7. The van der Waals surface area contributed by atoms with Crippen molar-refractivity contribution in [2.45, 2.75) is 63.8 Å². The van der Waals surface area contributed by atoms with Gasteiger partial charge < -0.3 is 4.74 Å². The van der Waals surface area contributed by atoms with Crippen molar-refractivity contribution in [2.75, 3.05) is 12.4 Å². The van der Waals surface area contributed by atoms with Gasteiger partial charge in [-0.25, -0.2) is 4.98 Å². The molecule has 0 saturated carbocycles. The van der Waals surface area contributed by atoms with Crippen molar-refractivity contribution in [3.05, 3.63) is 20.8 Å². The first kappa shape index (κ1) is 16.6. The maximum absolute atomic E-state index is 13.3. The maximum atomic E-state index is 13.3. The molecule has 4 rings (SSSR count). The van der Waals surface area contributed by atoms with E-state index in [2.05, 4.69) is 13.8 Å². The summed E-state index contributed by atoms with van der Waals surface area (Å²) in [4.78, 5) is 20.5. The van der Waals surface area contributed by atoms with Crippen LogP contribution in [0.5, 0.6) is 0 Å². The molecule has 0 unspecified atom stereocenters. The summed E-state index contributed by atoms with van der Waals surface area (Å²) in [7, 11) is 0. The number of rotatable bonds is 4. The van der Waals surface area contributed by atoms with Crippen LogP contribution in [0.2, 0.25) is 0 Å². The smallest absolute Gasteiger partial charge is 0.263 e. The van der Waals surface area contributed by atoms with Gasteiger partial charge in [-0.1, -0.05) is 25.6 Å². The van der Waals surface area contributed by atoms with Crippen LogP contribution in [0, 0.1) is 5.92 Å². The lowest BCUT2D eigenvalue weighted by atomic mass is 9.89. The van der Waals surface area contributed by atoms with E-state index in [0.29, 0.717) is 12.5 Å². The zero-order valence-corrected chi connectivity index (χ0v) is 16.0. The van der Waals surface area contributed by atoms with Crippen molar-refractivity contribution in [3.63, 3.8) is 0 Å². The van der Waals surface area contributed by atoms with Crippen LogP contribution in [0.25, 0.3) is 10.2 Å². The number of aryl methyl sites for hydroxylation is 1. The molecule has 1 fully saturated rings. The van der Waals surface area contributed by atoms with Crippen molar-refractivity contribution < 1.29 is 4.74 Å². The second kappa shape index (κ2) is 6.81. The first-order valence-corrected chi connectivity index (χ1v) is 10.8. The van der Waals surface area contributed by atoms with Crippen LogP contribution in [-0.2, 0) is 24.1 Å². The third-order valence-electron chi connectivity index (χ3n) is 5.06. The van der Waals surface area contributed by atoms with Crippen LogP contribution in [0.15, 0.2) is 9.95 Å². The van der Waals surface area contributed by atoms with Gasteiger partial charge in [-0.05, 0) is 49.3 Å². The van der Waals surface area contributed by atoms with Crippen LogP contribution >= 0.6 is 23.1 Å². The SMILES string of the molecule is CCSc1nc2sc3c(c2c(=O)n1C[C@@H]1CCCO1)CC[C@@H](C)C3. The Hall–Kier alpha value is -0.850. The van der Waals surface area contributed by atoms with Gasteiger partial charge in [0.15, 0.2) is 5.16 Å². The topological polar surface area (TPSA) is 44.1 Å². The average Bonchev–Trinajstić information content (AvgIpc) is 3.17. The molecule has 2 aromatic heterocycles. The highest BCUT2D eigenvalue weighted by Crippen LogP contribution is 2.36. The molecule has 2 aliphatic rings. The molecule has 0 radical (unpaired) electrons. The van der Waals surface area contributed by atoms with Gasteiger partial charge in [0.2, 0.25) is 0 Å². The number of hydrogen-bond acceptors (Lipinski definition) is 5. The lowest BCUT2D eigenvalue weighted by Gasteiger charge is -2.18. The van der Waals surface area contributed by atoms with E-state index in [1.807, 2.05) is 4.57 Å². The third-order valence-corrected chi connectivity index (χ3v) is 7.07. The fourth-order valence-corrected chi connectivity index (χ4v) is 5.96. The van der Waals surface area contributed by atoms with Crippen LogP contribution < -0.4 is 5.56 Å². The number of hydrogen-bond donors (Lipinski definition) is 0. The molecule has 2 atom stereocenters. The summed E-state index contributed by atoms with van der Waals surface area (Å²) in [5, 5.41) is 1.75. The van der Waals surface area contributed by atoms with Gasteiger partial charge >= 0.3 is 0 Å². The molecule has 1 aliphatic heterocycles. The minimum absolute atomic E-state index is 0.151. The zero-order valence-electron chi connectivity index (χ0n) is 14.3. The molecule has 130 valence electrons. The molecule has 3 heterocycles. The predicted molar refractivity (Wildman–Crippen MR) is 100 cm³/mol. The van der Waals surface area contributed by atoms with Gasteiger partial charge in [0.05, 0.1) is 18.0 Å². The van der Waals surface area contributed by atoms with Crippen LogP contribution in [-0.4, -0.2) is 28.0 Å². The Bertz CT molecular complexity index is 805. The Balaban J connectivity index is 1.84. The van der Waals surface area contributed by atoms with Crippen molar-refractivity contribution >= 4 is 33.3 Å². The lowest BCUT2D eigenvalue weighted by molar-refractivity contribution is 0.0937. The van der Waals surface area contributed by atoms with E-state index in [1.165, 1.54) is 16.9 Å². The molecule has 1 aliphatic carbocycles. The lowest BCUT2D eigenvalue weighted by Crippen LogP contribution is -2.29. The fraction of sp³-hybridized carbons (Fsp3) is 0.667. The molecule has 4 nitrogen and oxygen atoms in total. The highest BCUT2D eigenvalue weighted by Gasteiger charge is 2.26. The van der Waals surface area contributed by atoms with Crippen LogP contribution in [0.1, 0.15) is 43.6 Å². The van der Waals surface area contributed by atoms with E-state index in [4.69, 9.17) is 9.72 Å². The summed E-state index contributed by atoms with van der Waals surface area (Å²) in [6.07, 6.45) is 5.59. The van der Waals surface area contributed by atoms with E-state index in [0.717, 1.165) is 53.4 Å². The summed E-state index contributed by atoms with van der Waals surface area (Å²) in [6, 6.07) is 0. The molecule has 0 amide bonds. The van der Waals surface area contributed by atoms with Gasteiger partial charge in [-0.3, -0.25) is 9.36 Å². The highest BCUT2D eigenvalue weighted by atomic mass is 32.2. The number of thiophene rings is 1. The molecule has 6 heteroatoms. The number of ether oxygens (including phenoxy) is 1. The summed E-state index contributed by atoms with van der Waals surface area (Å²) < 4.78 is 7.66. The first-order chi connectivity index (χ1) is 11.7. The van der Waals surface area contributed by atoms with Gasteiger partial charge in [-0.15, -0.1) is 11.3 Å². The van der Waals surface area contributed by atoms with Crippen molar-refractivity contribution in [1.29, 1.82) is 0 Å². The first-order valence-electron chi connectivity index (χ1n) is 8.96. The summed E-state index contributed by atoms with van der Waals surface area (Å²) in [5.41, 5.74) is 1.43. The number of thioether (sulfide) groups is 1. The molecule has 0 aromatic carbocycles. The molecule has 2 aromatic rings. The molecule has 24 heavy (non-hydrogen) atoms. The normalized spacial score (nSPS) is 23.8. The van der Waals surface area contributed by atoms with E-state index in [1.54, 1.807) is 23.1 Å². The Morgan fingerprint density at radius 3 is 3.04 bits per heavy atom. The second-order valence-electron chi connectivity index (χ2n) is 6.91. The summed E-state index contributed by atoms with van der Waals surface area (Å²) in [5.74, 6) is 1.63. The molecular formula is C18H24N2O2S2. The van der Waals surface area contributed by atoms with Crippen molar-refractivity contribution in [2.24, 2.45) is 5.92 Å². The van der Waals surface area contributed by atoms with E-state index in [-0.39, 0.29) is 11.7 Å². The van der Waals surface area contributed by atoms with E-state index >= 15 is 0 Å². The molecule has 1 saturated heterocycles. The van der Waals surface area contributed by atoms with Gasteiger partial charge in [-0.2, -0.15) is 0 Å². The number of nitrogens with zero attached hydrogens (tertiary/aromatic N) is 2. The molecule has 0 spiro atoms. The molecular weight excluding hydrogens is 340 g/mol. The predicted octanol–water partition coefficient (Wildman–Crippen LogP) is 3.87. The standard InChI is InChI=1S/C18H24N2O2S2/c1-3-23-18-19-16-15(13-7-6-11(2)9-14(13)24-16)17(21)20(18)10-12-5-4-8-22-12/h11-12H,3-10H2,1-2H3/t11-,12+/m1/s1. The maximum Gasteiger partial charge on any atom is 0.263 e. The number of aromatic nitrogens is 2. The fourth-order valence-electron chi connectivity index (χ4n) is 3.80. The Kier molecular flexibility index (Phi) is 4.71. The van der Waals surface area contributed by atoms with Gasteiger partial charge in [0.25, 0.3) is 5.56 Å². The monoisotopic (exact) mass is 364 g/mol. The quantitative estimate of drug-likeness (QED) is 0.610. The minimum Gasteiger partial charge on any atom is -0.376 e. The van der Waals surface area contributed by atoms with E-state index < -0.39 is 0 Å². The Morgan fingerprint density at radius 2 is 2.29 bits per heavy atom. The molecule has 0 N–H and O–H groups in total. The van der Waals surface area contributed by atoms with Gasteiger partial charge in [0.1, 0.15) is 4.83 Å². The second-order valence-corrected chi connectivity index (χ2v) is 9.22. The van der Waals surface area contributed by atoms with Gasteiger partial charge in [0, 0.05) is 11.5 Å². The number of fused-ring (bicyclic) bond motifs is 3. The van der Waals surface area contributed by atoms with Crippen molar-refractivity contribution in [3.8, 4) is 0 Å².